The van der Waals surface area contributed by atoms with Crippen molar-refractivity contribution in [3.05, 3.63) is 33.9 Å². The summed E-state index contributed by atoms with van der Waals surface area (Å²) in [4.78, 5) is 10.7. The first-order valence-electron chi connectivity index (χ1n) is 7.40. The molecule has 0 saturated heterocycles. The molecule has 0 aliphatic heterocycles. The molecule has 1 aromatic rings. The minimum atomic E-state index is -0.410. The molecule has 0 fully saturated rings. The van der Waals surface area contributed by atoms with Crippen LogP contribution in [0.2, 0.25) is 0 Å². The Morgan fingerprint density at radius 3 is 2.81 bits per heavy atom. The second-order valence-electron chi connectivity index (χ2n) is 4.87. The van der Waals surface area contributed by atoms with Crippen molar-refractivity contribution in [3.8, 4) is 5.75 Å². The number of hydrogen-bond acceptors (Lipinski definition) is 5. The number of nitrogens with zero attached hydrogens (tertiary/aromatic N) is 1. The third-order valence-electron chi connectivity index (χ3n) is 3.04. The summed E-state index contributed by atoms with van der Waals surface area (Å²) in [5.74, 6) is 0.309. The van der Waals surface area contributed by atoms with E-state index < -0.39 is 4.92 Å². The SMILES string of the molecule is CCCNCc1ccc(OCCCCCO)c([N+](=O)[O-])c1. The predicted octanol–water partition coefficient (Wildman–Crippen LogP) is 2.64. The van der Waals surface area contributed by atoms with Gasteiger partial charge >= 0.3 is 5.69 Å². The fraction of sp³-hybridized carbons (Fsp3) is 0.600. The molecule has 0 atom stereocenters. The van der Waals surface area contributed by atoms with Crippen LogP contribution in [-0.4, -0.2) is 29.8 Å². The zero-order chi connectivity index (χ0) is 15.5. The van der Waals surface area contributed by atoms with Gasteiger partial charge in [0.2, 0.25) is 0 Å². The first kappa shape index (κ1) is 17.4. The van der Waals surface area contributed by atoms with Crippen molar-refractivity contribution in [1.29, 1.82) is 0 Å². The van der Waals surface area contributed by atoms with E-state index >= 15 is 0 Å². The third-order valence-corrected chi connectivity index (χ3v) is 3.04. The van der Waals surface area contributed by atoms with Crippen molar-refractivity contribution in [2.45, 2.75) is 39.2 Å². The first-order chi connectivity index (χ1) is 10.2. The molecule has 0 aliphatic carbocycles. The van der Waals surface area contributed by atoms with Gasteiger partial charge in [-0.3, -0.25) is 10.1 Å². The average molecular weight is 296 g/mol. The van der Waals surface area contributed by atoms with Crippen LogP contribution < -0.4 is 10.1 Å². The fourth-order valence-electron chi connectivity index (χ4n) is 1.92. The highest BCUT2D eigenvalue weighted by molar-refractivity contribution is 5.48. The molecule has 0 bridgehead atoms. The number of unbranched alkanes of at least 4 members (excludes halogenated alkanes) is 2. The molecule has 0 unspecified atom stereocenters. The van der Waals surface area contributed by atoms with Crippen LogP contribution in [0.15, 0.2) is 18.2 Å². The monoisotopic (exact) mass is 296 g/mol. The van der Waals surface area contributed by atoms with E-state index in [1.165, 1.54) is 0 Å². The van der Waals surface area contributed by atoms with Gasteiger partial charge in [-0.05, 0) is 43.9 Å². The van der Waals surface area contributed by atoms with Gasteiger partial charge in [-0.1, -0.05) is 13.0 Å². The van der Waals surface area contributed by atoms with Crippen LogP contribution in [0.3, 0.4) is 0 Å². The maximum absolute atomic E-state index is 11.1. The summed E-state index contributed by atoms with van der Waals surface area (Å²) in [7, 11) is 0. The van der Waals surface area contributed by atoms with Gasteiger partial charge in [0.25, 0.3) is 0 Å². The van der Waals surface area contributed by atoms with Crippen molar-refractivity contribution < 1.29 is 14.8 Å². The van der Waals surface area contributed by atoms with Gasteiger partial charge in [0.1, 0.15) is 0 Å². The number of ether oxygens (including phenoxy) is 1. The van der Waals surface area contributed by atoms with E-state index in [9.17, 15) is 10.1 Å². The molecule has 0 radical (unpaired) electrons. The first-order valence-corrected chi connectivity index (χ1v) is 7.40. The molecule has 2 N–H and O–H groups in total. The average Bonchev–Trinajstić information content (AvgIpc) is 2.48. The molecule has 6 heteroatoms. The van der Waals surface area contributed by atoms with Crippen molar-refractivity contribution in [3.63, 3.8) is 0 Å². The molecule has 0 amide bonds. The van der Waals surface area contributed by atoms with E-state index in [2.05, 4.69) is 12.2 Å². The standard InChI is InChI=1S/C15H24N2O4/c1-2-8-16-12-13-6-7-15(14(11-13)17(19)20)21-10-5-3-4-9-18/h6-7,11,16,18H,2-5,8-10,12H2,1H3. The van der Waals surface area contributed by atoms with E-state index in [4.69, 9.17) is 9.84 Å². The Morgan fingerprint density at radius 1 is 1.33 bits per heavy atom. The van der Waals surface area contributed by atoms with Crippen LogP contribution in [-0.2, 0) is 6.54 Å². The quantitative estimate of drug-likeness (QED) is 0.372. The number of nitro groups is 1. The van der Waals surface area contributed by atoms with Crippen LogP contribution in [0.4, 0.5) is 5.69 Å². The Balaban J connectivity index is 2.59. The van der Waals surface area contributed by atoms with Crippen molar-refractivity contribution >= 4 is 5.69 Å². The molecular weight excluding hydrogens is 272 g/mol. The molecule has 1 aromatic carbocycles. The Labute approximate surface area is 125 Å². The molecule has 0 aliphatic rings. The summed E-state index contributed by atoms with van der Waals surface area (Å²) < 4.78 is 5.48. The molecule has 6 nitrogen and oxygen atoms in total. The zero-order valence-corrected chi connectivity index (χ0v) is 12.5. The van der Waals surface area contributed by atoms with Gasteiger partial charge in [0.05, 0.1) is 11.5 Å². The van der Waals surface area contributed by atoms with Gasteiger partial charge in [-0.15, -0.1) is 0 Å². The van der Waals surface area contributed by atoms with Crippen LogP contribution in [0.5, 0.6) is 5.75 Å². The van der Waals surface area contributed by atoms with Crippen LogP contribution in [0, 0.1) is 10.1 Å². The third kappa shape index (κ3) is 6.55. The van der Waals surface area contributed by atoms with Crippen molar-refractivity contribution in [2.75, 3.05) is 19.8 Å². The van der Waals surface area contributed by atoms with Crippen LogP contribution in [0.25, 0.3) is 0 Å². The molecule has 1 rings (SSSR count). The van der Waals surface area contributed by atoms with Gasteiger partial charge < -0.3 is 15.2 Å². The highest BCUT2D eigenvalue weighted by atomic mass is 16.6. The van der Waals surface area contributed by atoms with Gasteiger partial charge in [-0.25, -0.2) is 0 Å². The van der Waals surface area contributed by atoms with E-state index in [0.717, 1.165) is 37.8 Å². The normalized spacial score (nSPS) is 10.6. The van der Waals surface area contributed by atoms with Crippen LogP contribution >= 0.6 is 0 Å². The Morgan fingerprint density at radius 2 is 2.14 bits per heavy atom. The minimum absolute atomic E-state index is 0.00737. The number of rotatable bonds is 11. The van der Waals surface area contributed by atoms with Gasteiger partial charge in [-0.2, -0.15) is 0 Å². The highest BCUT2D eigenvalue weighted by Gasteiger charge is 2.15. The zero-order valence-electron chi connectivity index (χ0n) is 12.5. The molecule has 118 valence electrons. The topological polar surface area (TPSA) is 84.6 Å². The van der Waals surface area contributed by atoms with E-state index in [0.29, 0.717) is 18.9 Å². The number of benzene rings is 1. The number of aliphatic hydroxyl groups is 1. The lowest BCUT2D eigenvalue weighted by molar-refractivity contribution is -0.385. The molecule has 0 saturated carbocycles. The summed E-state index contributed by atoms with van der Waals surface area (Å²) in [6.45, 7) is 4.17. The highest BCUT2D eigenvalue weighted by Crippen LogP contribution is 2.28. The number of hydrogen-bond donors (Lipinski definition) is 2. The van der Waals surface area contributed by atoms with E-state index in [-0.39, 0.29) is 12.3 Å². The Kier molecular flexibility index (Phi) is 8.38. The largest absolute Gasteiger partial charge is 0.487 e. The number of nitrogens with one attached hydrogen (secondary N) is 1. The maximum Gasteiger partial charge on any atom is 0.311 e. The van der Waals surface area contributed by atoms with Gasteiger partial charge in [0.15, 0.2) is 5.75 Å². The Hall–Kier alpha value is -1.66. The maximum atomic E-state index is 11.1. The molecule has 21 heavy (non-hydrogen) atoms. The van der Waals surface area contributed by atoms with Crippen molar-refractivity contribution in [1.82, 2.24) is 5.32 Å². The fourth-order valence-corrected chi connectivity index (χ4v) is 1.92. The van der Waals surface area contributed by atoms with Gasteiger partial charge in [0, 0.05) is 19.2 Å². The second kappa shape index (κ2) is 10.1. The summed E-state index contributed by atoms with van der Waals surface area (Å²) >= 11 is 0. The van der Waals surface area contributed by atoms with E-state index in [1.54, 1.807) is 12.1 Å². The Bertz CT molecular complexity index is 438. The molecule has 0 spiro atoms. The molecular formula is C15H24N2O4. The lowest BCUT2D eigenvalue weighted by Crippen LogP contribution is -2.14. The summed E-state index contributed by atoms with van der Waals surface area (Å²) in [6, 6.07) is 5.07. The van der Waals surface area contributed by atoms with E-state index in [1.807, 2.05) is 6.07 Å². The minimum Gasteiger partial charge on any atom is -0.487 e. The number of nitro benzene ring substituents is 1. The lowest BCUT2D eigenvalue weighted by atomic mass is 10.2. The second-order valence-corrected chi connectivity index (χ2v) is 4.87. The molecule has 0 heterocycles. The lowest BCUT2D eigenvalue weighted by Gasteiger charge is -2.09. The summed E-state index contributed by atoms with van der Waals surface area (Å²) in [5, 5.41) is 23.0. The predicted molar refractivity (Wildman–Crippen MR) is 81.5 cm³/mol. The summed E-state index contributed by atoms with van der Waals surface area (Å²) in [6.07, 6.45) is 3.38. The number of aliphatic hydroxyl groups excluding tert-OH is 1. The smallest absolute Gasteiger partial charge is 0.311 e. The van der Waals surface area contributed by atoms with Crippen molar-refractivity contribution in [2.24, 2.45) is 0 Å². The molecule has 0 aromatic heterocycles. The van der Waals surface area contributed by atoms with Crippen LogP contribution in [0.1, 0.15) is 38.2 Å². The summed E-state index contributed by atoms with van der Waals surface area (Å²) in [5.41, 5.74) is 0.885.